The number of rotatable bonds is 5. The first-order valence-electron chi connectivity index (χ1n) is 6.23. The molecule has 0 saturated heterocycles. The molecule has 2 aromatic rings. The van der Waals surface area contributed by atoms with E-state index in [1.807, 2.05) is 0 Å². The van der Waals surface area contributed by atoms with E-state index >= 15 is 0 Å². The van der Waals surface area contributed by atoms with Gasteiger partial charge in [0.15, 0.2) is 0 Å². The van der Waals surface area contributed by atoms with Gasteiger partial charge < -0.3 is 14.8 Å². The van der Waals surface area contributed by atoms with Crippen LogP contribution in [0.2, 0.25) is 0 Å². The molecule has 1 heterocycles. The lowest BCUT2D eigenvalue weighted by Gasteiger charge is -2.11. The summed E-state index contributed by atoms with van der Waals surface area (Å²) in [7, 11) is 1.55. The maximum Gasteiger partial charge on any atom is 0.339 e. The fourth-order valence-electron chi connectivity index (χ4n) is 2.01. The number of nitrogens with one attached hydrogen (secondary N) is 2. The molecule has 20 heavy (non-hydrogen) atoms. The topological polar surface area (TPSA) is 91.6 Å². The van der Waals surface area contributed by atoms with Crippen LogP contribution in [0.4, 0.5) is 0 Å². The van der Waals surface area contributed by atoms with E-state index in [4.69, 9.17) is 4.42 Å². The summed E-state index contributed by atoms with van der Waals surface area (Å²) in [5, 5.41) is 15.3. The van der Waals surface area contributed by atoms with Crippen LogP contribution in [-0.4, -0.2) is 30.1 Å². The van der Waals surface area contributed by atoms with Gasteiger partial charge in [0.25, 0.3) is 0 Å². The van der Waals surface area contributed by atoms with E-state index in [1.165, 1.54) is 0 Å². The number of carbonyl (C=O) groups is 2. The minimum absolute atomic E-state index is 0.136. The number of furan rings is 1. The molecule has 1 aromatic heterocycles. The summed E-state index contributed by atoms with van der Waals surface area (Å²) in [5.41, 5.74) is 0.659. The minimum atomic E-state index is -1.04. The largest absolute Gasteiger partial charge is 0.478 e. The van der Waals surface area contributed by atoms with E-state index in [0.29, 0.717) is 16.7 Å². The summed E-state index contributed by atoms with van der Waals surface area (Å²) < 4.78 is 5.55. The van der Waals surface area contributed by atoms with Gasteiger partial charge in [-0.3, -0.25) is 10.1 Å². The highest BCUT2D eigenvalue weighted by Gasteiger charge is 2.20. The van der Waals surface area contributed by atoms with Crippen LogP contribution in [0.1, 0.15) is 23.0 Å². The van der Waals surface area contributed by atoms with Gasteiger partial charge >= 0.3 is 5.97 Å². The van der Waals surface area contributed by atoms with Crippen LogP contribution in [0.25, 0.3) is 11.0 Å². The predicted molar refractivity (Wildman–Crippen MR) is 73.5 cm³/mol. The minimum Gasteiger partial charge on any atom is -0.478 e. The molecule has 0 fully saturated rings. The molecule has 3 N–H and O–H groups in total. The zero-order valence-electron chi connectivity index (χ0n) is 11.3. The fourth-order valence-corrected chi connectivity index (χ4v) is 2.01. The number of carboxylic acid groups (broad SMARTS) is 1. The summed E-state index contributed by atoms with van der Waals surface area (Å²) in [5.74, 6) is -0.896. The lowest BCUT2D eigenvalue weighted by molar-refractivity contribution is -0.122. The van der Waals surface area contributed by atoms with Gasteiger partial charge in [-0.25, -0.2) is 4.79 Å². The lowest BCUT2D eigenvalue weighted by Crippen LogP contribution is -2.40. The van der Waals surface area contributed by atoms with E-state index in [9.17, 15) is 14.7 Å². The third-order valence-electron chi connectivity index (χ3n) is 3.09. The summed E-state index contributed by atoms with van der Waals surface area (Å²) in [6.45, 7) is 1.87. The third-order valence-corrected chi connectivity index (χ3v) is 3.09. The van der Waals surface area contributed by atoms with Crippen molar-refractivity contribution in [2.45, 2.75) is 19.5 Å². The van der Waals surface area contributed by atoms with Crippen LogP contribution < -0.4 is 10.6 Å². The van der Waals surface area contributed by atoms with Crippen LogP contribution in [-0.2, 0) is 11.3 Å². The van der Waals surface area contributed by atoms with Crippen molar-refractivity contribution in [3.63, 3.8) is 0 Å². The van der Waals surface area contributed by atoms with Gasteiger partial charge in [0.2, 0.25) is 5.91 Å². The SMILES string of the molecule is CNC(=O)C(C)NCc1oc2ccccc2c1C(=O)O. The average Bonchev–Trinajstić information content (AvgIpc) is 2.82. The van der Waals surface area contributed by atoms with Crippen molar-refractivity contribution in [3.8, 4) is 0 Å². The number of hydrogen-bond acceptors (Lipinski definition) is 4. The van der Waals surface area contributed by atoms with E-state index in [-0.39, 0.29) is 18.0 Å². The number of amides is 1. The van der Waals surface area contributed by atoms with Gasteiger partial charge in [-0.2, -0.15) is 0 Å². The second-order valence-electron chi connectivity index (χ2n) is 4.42. The molecule has 0 bridgehead atoms. The van der Waals surface area contributed by atoms with Crippen molar-refractivity contribution in [1.29, 1.82) is 0 Å². The molecule has 0 aliphatic heterocycles. The molecule has 6 nitrogen and oxygen atoms in total. The molecule has 1 amide bonds. The highest BCUT2D eigenvalue weighted by Crippen LogP contribution is 2.25. The van der Waals surface area contributed by atoms with Crippen LogP contribution in [0, 0.1) is 0 Å². The molecule has 1 unspecified atom stereocenters. The molecule has 0 spiro atoms. The van der Waals surface area contributed by atoms with Gasteiger partial charge in [-0.05, 0) is 13.0 Å². The summed E-state index contributed by atoms with van der Waals surface area (Å²) in [6, 6.07) is 6.52. The van der Waals surface area contributed by atoms with Gasteiger partial charge in [-0.15, -0.1) is 0 Å². The number of para-hydroxylation sites is 1. The molecule has 0 saturated carbocycles. The van der Waals surface area contributed by atoms with Gasteiger partial charge in [0.05, 0.1) is 12.6 Å². The summed E-state index contributed by atoms with van der Waals surface area (Å²) in [6.07, 6.45) is 0. The Labute approximate surface area is 115 Å². The quantitative estimate of drug-likeness (QED) is 0.767. The Hall–Kier alpha value is -2.34. The Balaban J connectivity index is 2.28. The zero-order chi connectivity index (χ0) is 14.7. The molecule has 2 rings (SSSR count). The Bertz CT molecular complexity index is 648. The lowest BCUT2D eigenvalue weighted by atomic mass is 10.1. The average molecular weight is 276 g/mol. The monoisotopic (exact) mass is 276 g/mol. The number of likely N-dealkylation sites (N-methyl/N-ethyl adjacent to an activating group) is 1. The van der Waals surface area contributed by atoms with E-state index in [2.05, 4.69) is 10.6 Å². The van der Waals surface area contributed by atoms with E-state index < -0.39 is 12.0 Å². The maximum absolute atomic E-state index is 11.4. The smallest absolute Gasteiger partial charge is 0.339 e. The Morgan fingerprint density at radius 3 is 2.70 bits per heavy atom. The highest BCUT2D eigenvalue weighted by atomic mass is 16.4. The maximum atomic E-state index is 11.4. The molecular formula is C14H16N2O4. The Kier molecular flexibility index (Phi) is 4.05. The number of benzene rings is 1. The number of carbonyl (C=O) groups excluding carboxylic acids is 1. The standard InChI is InChI=1S/C14H16N2O4/c1-8(13(17)15-2)16-7-11-12(14(18)19)9-5-3-4-6-10(9)20-11/h3-6,8,16H,7H2,1-2H3,(H,15,17)(H,18,19). The van der Waals surface area contributed by atoms with Crippen molar-refractivity contribution in [2.24, 2.45) is 0 Å². The zero-order valence-corrected chi connectivity index (χ0v) is 11.3. The van der Waals surface area contributed by atoms with Gasteiger partial charge in [-0.1, -0.05) is 18.2 Å². The second kappa shape index (κ2) is 5.75. The molecule has 1 aromatic carbocycles. The predicted octanol–water partition coefficient (Wildman–Crippen LogP) is 1.36. The number of aromatic carboxylic acids is 1. The first-order chi connectivity index (χ1) is 9.54. The molecule has 106 valence electrons. The molecule has 0 radical (unpaired) electrons. The van der Waals surface area contributed by atoms with Gasteiger partial charge in [0.1, 0.15) is 16.9 Å². The van der Waals surface area contributed by atoms with E-state index in [1.54, 1.807) is 38.2 Å². The molecule has 0 aliphatic carbocycles. The van der Waals surface area contributed by atoms with Crippen LogP contribution >= 0.6 is 0 Å². The fraction of sp³-hybridized carbons (Fsp3) is 0.286. The third kappa shape index (κ3) is 2.65. The van der Waals surface area contributed by atoms with Crippen LogP contribution in [0.3, 0.4) is 0 Å². The first-order valence-corrected chi connectivity index (χ1v) is 6.23. The van der Waals surface area contributed by atoms with Crippen LogP contribution in [0.15, 0.2) is 28.7 Å². The van der Waals surface area contributed by atoms with E-state index in [0.717, 1.165) is 0 Å². The normalized spacial score (nSPS) is 12.3. The summed E-state index contributed by atoms with van der Waals surface area (Å²) >= 11 is 0. The number of carboxylic acids is 1. The molecule has 1 atom stereocenters. The highest BCUT2D eigenvalue weighted by molar-refractivity contribution is 6.03. The van der Waals surface area contributed by atoms with Crippen LogP contribution in [0.5, 0.6) is 0 Å². The van der Waals surface area contributed by atoms with Crippen molar-refractivity contribution >= 4 is 22.8 Å². The molecule has 6 heteroatoms. The Morgan fingerprint density at radius 2 is 2.05 bits per heavy atom. The Morgan fingerprint density at radius 1 is 1.35 bits per heavy atom. The number of fused-ring (bicyclic) bond motifs is 1. The van der Waals surface area contributed by atoms with Crippen molar-refractivity contribution in [2.75, 3.05) is 7.05 Å². The number of hydrogen-bond donors (Lipinski definition) is 3. The second-order valence-corrected chi connectivity index (χ2v) is 4.42. The molecular weight excluding hydrogens is 260 g/mol. The van der Waals surface area contributed by atoms with Crippen molar-refractivity contribution in [1.82, 2.24) is 10.6 Å². The first kappa shape index (κ1) is 14.1. The van der Waals surface area contributed by atoms with Crippen molar-refractivity contribution < 1.29 is 19.1 Å². The van der Waals surface area contributed by atoms with Crippen molar-refractivity contribution in [3.05, 3.63) is 35.6 Å². The summed E-state index contributed by atoms with van der Waals surface area (Å²) in [4.78, 5) is 22.8. The van der Waals surface area contributed by atoms with Gasteiger partial charge in [0, 0.05) is 12.4 Å². The molecule has 0 aliphatic rings.